The minimum absolute atomic E-state index is 0.164. The highest BCUT2D eigenvalue weighted by Gasteiger charge is 2.26. The third kappa shape index (κ3) is 10.4. The van der Waals surface area contributed by atoms with Crippen molar-refractivity contribution in [2.45, 2.75) is 41.5 Å². The summed E-state index contributed by atoms with van der Waals surface area (Å²) < 4.78 is 30.6. The maximum absolute atomic E-state index is 11.5. The summed E-state index contributed by atoms with van der Waals surface area (Å²) in [4.78, 5) is 32.3. The first kappa shape index (κ1) is 22.1. The van der Waals surface area contributed by atoms with E-state index in [9.17, 15) is 19.0 Å². The van der Waals surface area contributed by atoms with Crippen molar-refractivity contribution in [1.29, 1.82) is 0 Å². The lowest BCUT2D eigenvalue weighted by Crippen LogP contribution is -2.24. The van der Waals surface area contributed by atoms with Crippen LogP contribution in [0.3, 0.4) is 0 Å². The smallest absolute Gasteiger partial charge is 0.463 e. The topological polar surface area (TPSA) is 108 Å². The van der Waals surface area contributed by atoms with E-state index in [1.165, 1.54) is 0 Å². The minimum atomic E-state index is -4.28. The zero-order valence-electron chi connectivity index (χ0n) is 14.6. The first-order valence-corrected chi connectivity index (χ1v) is 8.71. The molecule has 0 saturated carbocycles. The Hall–Kier alpha value is -0.950. The van der Waals surface area contributed by atoms with E-state index in [-0.39, 0.29) is 26.4 Å². The number of hydrogen-bond donors (Lipinski definition) is 1. The van der Waals surface area contributed by atoms with E-state index in [0.717, 1.165) is 0 Å². The number of rotatable bonds is 8. The van der Waals surface area contributed by atoms with Crippen molar-refractivity contribution in [2.24, 2.45) is 10.8 Å². The van der Waals surface area contributed by atoms with E-state index in [1.54, 1.807) is 41.5 Å². The second kappa shape index (κ2) is 8.78. The third-order valence-corrected chi connectivity index (χ3v) is 3.38. The molecular weight excluding hydrogens is 327 g/mol. The molecule has 1 N–H and O–H groups in total. The van der Waals surface area contributed by atoms with Gasteiger partial charge in [-0.2, -0.15) is 0 Å². The van der Waals surface area contributed by atoms with Gasteiger partial charge >= 0.3 is 19.8 Å². The molecule has 0 aromatic rings. The van der Waals surface area contributed by atoms with Crippen molar-refractivity contribution in [2.75, 3.05) is 26.4 Å². The van der Waals surface area contributed by atoms with E-state index in [2.05, 4.69) is 9.05 Å². The van der Waals surface area contributed by atoms with Gasteiger partial charge in [-0.25, -0.2) is 4.57 Å². The van der Waals surface area contributed by atoms with Gasteiger partial charge in [0.1, 0.15) is 13.2 Å². The van der Waals surface area contributed by atoms with Crippen molar-refractivity contribution in [3.8, 4) is 0 Å². The van der Waals surface area contributed by atoms with E-state index < -0.39 is 30.6 Å². The molecule has 8 nitrogen and oxygen atoms in total. The molecule has 0 bridgehead atoms. The second-order valence-electron chi connectivity index (χ2n) is 6.91. The zero-order chi connectivity index (χ0) is 18.3. The van der Waals surface area contributed by atoms with Crippen LogP contribution in [-0.4, -0.2) is 43.3 Å². The molecule has 0 saturated heterocycles. The van der Waals surface area contributed by atoms with Crippen molar-refractivity contribution >= 4 is 19.8 Å². The van der Waals surface area contributed by atoms with Crippen LogP contribution in [-0.2, 0) is 32.7 Å². The largest absolute Gasteiger partial charge is 0.472 e. The highest BCUT2D eigenvalue weighted by molar-refractivity contribution is 7.47. The molecule has 0 aliphatic heterocycles. The molecule has 0 rings (SSSR count). The average Bonchev–Trinajstić information content (AvgIpc) is 2.37. The first-order chi connectivity index (χ1) is 10.3. The standard InChI is InChI=1S/C14H27O8P/c1-13(2,3)11(15)19-7-9-21-23(17,18)22-10-8-20-12(16)14(4,5)6/h7-10H2,1-6H3,(H,17,18). The van der Waals surface area contributed by atoms with Gasteiger partial charge in [0.2, 0.25) is 0 Å². The van der Waals surface area contributed by atoms with Crippen molar-refractivity contribution in [3.63, 3.8) is 0 Å². The maximum Gasteiger partial charge on any atom is 0.472 e. The fraction of sp³-hybridized carbons (Fsp3) is 0.857. The summed E-state index contributed by atoms with van der Waals surface area (Å²) in [7, 11) is -4.28. The summed E-state index contributed by atoms with van der Waals surface area (Å²) in [6, 6.07) is 0. The Morgan fingerprint density at radius 3 is 1.35 bits per heavy atom. The van der Waals surface area contributed by atoms with Crippen LogP contribution in [0, 0.1) is 10.8 Å². The molecule has 0 heterocycles. The molecule has 136 valence electrons. The monoisotopic (exact) mass is 354 g/mol. The maximum atomic E-state index is 11.5. The predicted molar refractivity (Wildman–Crippen MR) is 82.6 cm³/mol. The van der Waals surface area contributed by atoms with Gasteiger partial charge in [-0.05, 0) is 41.5 Å². The number of phosphoric ester groups is 1. The van der Waals surface area contributed by atoms with E-state index in [0.29, 0.717) is 0 Å². The van der Waals surface area contributed by atoms with E-state index in [1.807, 2.05) is 0 Å². The molecule has 0 aliphatic carbocycles. The molecule has 0 unspecified atom stereocenters. The van der Waals surface area contributed by atoms with Gasteiger partial charge in [-0.1, -0.05) is 0 Å². The molecule has 0 aromatic carbocycles. The van der Waals surface area contributed by atoms with Crippen LogP contribution in [0.2, 0.25) is 0 Å². The van der Waals surface area contributed by atoms with E-state index in [4.69, 9.17) is 9.47 Å². The normalized spacial score (nSPS) is 12.8. The first-order valence-electron chi connectivity index (χ1n) is 7.22. The summed E-state index contributed by atoms with van der Waals surface area (Å²) in [6.07, 6.45) is 0. The van der Waals surface area contributed by atoms with Crippen LogP contribution in [0.15, 0.2) is 0 Å². The fourth-order valence-corrected chi connectivity index (χ4v) is 1.73. The van der Waals surface area contributed by atoms with Crippen LogP contribution >= 0.6 is 7.82 Å². The number of ether oxygens (including phenoxy) is 2. The molecule has 23 heavy (non-hydrogen) atoms. The summed E-state index contributed by atoms with van der Waals surface area (Å²) >= 11 is 0. The average molecular weight is 354 g/mol. The van der Waals surface area contributed by atoms with Crippen LogP contribution in [0.1, 0.15) is 41.5 Å². The number of hydrogen-bond acceptors (Lipinski definition) is 7. The van der Waals surface area contributed by atoms with Gasteiger partial charge in [0.25, 0.3) is 0 Å². The summed E-state index contributed by atoms with van der Waals surface area (Å²) in [5.41, 5.74) is -1.31. The van der Waals surface area contributed by atoms with Gasteiger partial charge in [0, 0.05) is 0 Å². The predicted octanol–water partition coefficient (Wildman–Crippen LogP) is 2.30. The molecule has 0 spiro atoms. The molecule has 0 radical (unpaired) electrons. The Morgan fingerprint density at radius 1 is 0.783 bits per heavy atom. The lowest BCUT2D eigenvalue weighted by atomic mass is 9.97. The summed E-state index contributed by atoms with van der Waals surface area (Å²) in [5, 5.41) is 0. The zero-order valence-corrected chi connectivity index (χ0v) is 15.5. The summed E-state index contributed by atoms with van der Waals surface area (Å²) in [6.45, 7) is 9.25. The molecule has 0 aromatic heterocycles. The van der Waals surface area contributed by atoms with Crippen LogP contribution in [0.4, 0.5) is 0 Å². The highest BCUT2D eigenvalue weighted by Crippen LogP contribution is 2.42. The third-order valence-electron chi connectivity index (χ3n) is 2.37. The van der Waals surface area contributed by atoms with Crippen LogP contribution in [0.5, 0.6) is 0 Å². The molecule has 0 atom stereocenters. The second-order valence-corrected chi connectivity index (χ2v) is 8.36. The Labute approximate surface area is 137 Å². The van der Waals surface area contributed by atoms with Crippen molar-refractivity contribution in [1.82, 2.24) is 0 Å². The van der Waals surface area contributed by atoms with Gasteiger partial charge in [0.05, 0.1) is 24.0 Å². The van der Waals surface area contributed by atoms with Crippen LogP contribution in [0.25, 0.3) is 0 Å². The lowest BCUT2D eigenvalue weighted by molar-refractivity contribution is -0.154. The van der Waals surface area contributed by atoms with Gasteiger partial charge < -0.3 is 14.4 Å². The highest BCUT2D eigenvalue weighted by atomic mass is 31.2. The number of esters is 2. The lowest BCUT2D eigenvalue weighted by Gasteiger charge is -2.18. The molecule has 0 amide bonds. The minimum Gasteiger partial charge on any atom is -0.463 e. The van der Waals surface area contributed by atoms with Crippen molar-refractivity contribution in [3.05, 3.63) is 0 Å². The quantitative estimate of drug-likeness (QED) is 0.402. The summed E-state index contributed by atoms with van der Waals surface area (Å²) in [5.74, 6) is -0.882. The van der Waals surface area contributed by atoms with Gasteiger partial charge in [0.15, 0.2) is 0 Å². The van der Waals surface area contributed by atoms with E-state index >= 15 is 0 Å². The Bertz CT molecular complexity index is 409. The van der Waals surface area contributed by atoms with Crippen LogP contribution < -0.4 is 0 Å². The number of carbonyl (C=O) groups excluding carboxylic acids is 2. The number of carbonyl (C=O) groups is 2. The molecular formula is C14H27O8P. The molecule has 0 fully saturated rings. The number of phosphoric acid groups is 1. The van der Waals surface area contributed by atoms with Gasteiger partial charge in [-0.15, -0.1) is 0 Å². The Morgan fingerprint density at radius 2 is 1.09 bits per heavy atom. The fourth-order valence-electron chi connectivity index (χ4n) is 1.04. The Kier molecular flexibility index (Phi) is 8.41. The molecule has 9 heteroatoms. The van der Waals surface area contributed by atoms with Gasteiger partial charge in [-0.3, -0.25) is 18.6 Å². The molecule has 0 aliphatic rings. The SMILES string of the molecule is CC(C)(C)C(=O)OCCOP(=O)(O)OCCOC(=O)C(C)(C)C. The van der Waals surface area contributed by atoms with Crippen molar-refractivity contribution < 1.29 is 37.6 Å². The Balaban J connectivity index is 3.92.